The Morgan fingerprint density at radius 2 is 1.61 bits per heavy atom. The molecule has 0 fully saturated rings. The van der Waals surface area contributed by atoms with Gasteiger partial charge in [0, 0.05) is 29.5 Å². The molecule has 0 radical (unpaired) electrons. The van der Waals surface area contributed by atoms with Gasteiger partial charge in [0.1, 0.15) is 5.75 Å². The zero-order valence-electron chi connectivity index (χ0n) is 16.7. The lowest BCUT2D eigenvalue weighted by Crippen LogP contribution is -2.21. The lowest BCUT2D eigenvalue weighted by molar-refractivity contribution is -0.116. The summed E-state index contributed by atoms with van der Waals surface area (Å²) in [5.41, 5.74) is 2.24. The van der Waals surface area contributed by atoms with Crippen molar-refractivity contribution >= 4 is 28.9 Å². The Morgan fingerprint density at radius 3 is 2.29 bits per heavy atom. The Hall–Kier alpha value is -3.02. The van der Waals surface area contributed by atoms with Crippen LogP contribution in [-0.4, -0.2) is 24.5 Å². The van der Waals surface area contributed by atoms with Gasteiger partial charge in [-0.2, -0.15) is 0 Å². The molecule has 2 amide bonds. The van der Waals surface area contributed by atoms with Gasteiger partial charge in [0.25, 0.3) is 0 Å². The third-order valence-corrected chi connectivity index (χ3v) is 4.13. The molecule has 0 saturated carbocycles. The van der Waals surface area contributed by atoms with Gasteiger partial charge in [-0.25, -0.2) is 0 Å². The number of carbonyl (C=O) groups is 2. The molecule has 0 aromatic heterocycles. The second-order valence-corrected chi connectivity index (χ2v) is 6.64. The summed E-state index contributed by atoms with van der Waals surface area (Å²) >= 11 is 0. The zero-order chi connectivity index (χ0) is 20.4. The van der Waals surface area contributed by atoms with E-state index < -0.39 is 0 Å². The van der Waals surface area contributed by atoms with Crippen LogP contribution in [0.25, 0.3) is 0 Å². The van der Waals surface area contributed by atoms with Crippen LogP contribution in [0.5, 0.6) is 5.75 Å². The van der Waals surface area contributed by atoms with E-state index in [0.29, 0.717) is 12.1 Å². The number of amides is 2. The number of anilines is 3. The highest BCUT2D eigenvalue weighted by Crippen LogP contribution is 2.19. The van der Waals surface area contributed by atoms with Crippen molar-refractivity contribution in [2.24, 2.45) is 0 Å². The molecule has 2 rings (SSSR count). The number of nitrogens with one attached hydrogen (secondary N) is 3. The van der Waals surface area contributed by atoms with Gasteiger partial charge >= 0.3 is 0 Å². The van der Waals surface area contributed by atoms with E-state index in [2.05, 4.69) is 22.9 Å². The molecule has 0 aliphatic carbocycles. The second-order valence-electron chi connectivity index (χ2n) is 6.64. The van der Waals surface area contributed by atoms with Crippen LogP contribution >= 0.6 is 0 Å². The largest absolute Gasteiger partial charge is 0.491 e. The SMILES string of the molecule is CCCC(=O)Nc1ccc(NCC(=O)Nc2cccc(OC(C)CC)c2)cc1. The van der Waals surface area contributed by atoms with E-state index in [-0.39, 0.29) is 24.5 Å². The van der Waals surface area contributed by atoms with E-state index in [4.69, 9.17) is 4.74 Å². The van der Waals surface area contributed by atoms with Crippen LogP contribution in [0.4, 0.5) is 17.1 Å². The standard InChI is InChI=1S/C22H29N3O3/c1-4-7-21(26)24-18-12-10-17(11-13-18)23-15-22(27)25-19-8-6-9-20(14-19)28-16(3)5-2/h6,8-14,16,23H,4-5,7,15H2,1-3H3,(H,24,26)(H,25,27). The summed E-state index contributed by atoms with van der Waals surface area (Å²) in [4.78, 5) is 23.8. The van der Waals surface area contributed by atoms with Gasteiger partial charge in [0.05, 0.1) is 12.6 Å². The summed E-state index contributed by atoms with van der Waals surface area (Å²) in [6.07, 6.45) is 2.36. The van der Waals surface area contributed by atoms with Crippen molar-refractivity contribution in [2.75, 3.05) is 22.5 Å². The first-order valence-electron chi connectivity index (χ1n) is 9.70. The minimum Gasteiger partial charge on any atom is -0.491 e. The topological polar surface area (TPSA) is 79.5 Å². The molecule has 2 aromatic rings. The van der Waals surface area contributed by atoms with Crippen molar-refractivity contribution in [3.05, 3.63) is 48.5 Å². The maximum Gasteiger partial charge on any atom is 0.243 e. The number of ether oxygens (including phenoxy) is 1. The summed E-state index contributed by atoms with van der Waals surface area (Å²) in [7, 11) is 0. The fourth-order valence-corrected chi connectivity index (χ4v) is 2.47. The molecule has 1 unspecified atom stereocenters. The van der Waals surface area contributed by atoms with Crippen LogP contribution in [0.15, 0.2) is 48.5 Å². The maximum atomic E-state index is 12.2. The van der Waals surface area contributed by atoms with E-state index in [1.807, 2.05) is 62.4 Å². The Balaban J connectivity index is 1.82. The van der Waals surface area contributed by atoms with Gasteiger partial charge in [0.15, 0.2) is 0 Å². The summed E-state index contributed by atoms with van der Waals surface area (Å²) in [6, 6.07) is 14.7. The zero-order valence-corrected chi connectivity index (χ0v) is 16.7. The van der Waals surface area contributed by atoms with Crippen molar-refractivity contribution in [3.63, 3.8) is 0 Å². The molecule has 2 aromatic carbocycles. The fourth-order valence-electron chi connectivity index (χ4n) is 2.47. The highest BCUT2D eigenvalue weighted by atomic mass is 16.5. The van der Waals surface area contributed by atoms with E-state index in [9.17, 15) is 9.59 Å². The van der Waals surface area contributed by atoms with Crippen LogP contribution in [0.3, 0.4) is 0 Å². The molecule has 3 N–H and O–H groups in total. The smallest absolute Gasteiger partial charge is 0.243 e. The molecule has 0 aliphatic rings. The first-order valence-corrected chi connectivity index (χ1v) is 9.70. The van der Waals surface area contributed by atoms with Gasteiger partial charge in [-0.05, 0) is 56.2 Å². The maximum absolute atomic E-state index is 12.2. The summed E-state index contributed by atoms with van der Waals surface area (Å²) in [6.45, 7) is 6.17. The highest BCUT2D eigenvalue weighted by Gasteiger charge is 2.06. The monoisotopic (exact) mass is 383 g/mol. The molecule has 0 saturated heterocycles. The van der Waals surface area contributed by atoms with Gasteiger partial charge in [0.2, 0.25) is 11.8 Å². The average Bonchev–Trinajstić information content (AvgIpc) is 2.68. The summed E-state index contributed by atoms with van der Waals surface area (Å²) in [5, 5.41) is 8.76. The number of hydrogen-bond acceptors (Lipinski definition) is 4. The van der Waals surface area contributed by atoms with Gasteiger partial charge in [-0.15, -0.1) is 0 Å². The molecule has 0 spiro atoms. The second kappa shape index (κ2) is 11.0. The molecule has 1 atom stereocenters. The normalized spacial score (nSPS) is 11.4. The lowest BCUT2D eigenvalue weighted by atomic mass is 10.2. The first-order chi connectivity index (χ1) is 13.5. The molecule has 28 heavy (non-hydrogen) atoms. The van der Waals surface area contributed by atoms with E-state index in [0.717, 1.165) is 30.0 Å². The molecule has 6 heteroatoms. The third-order valence-electron chi connectivity index (χ3n) is 4.13. The Bertz CT molecular complexity index is 775. The van der Waals surface area contributed by atoms with Crippen molar-refractivity contribution < 1.29 is 14.3 Å². The lowest BCUT2D eigenvalue weighted by Gasteiger charge is -2.14. The fraction of sp³-hybridized carbons (Fsp3) is 0.364. The quantitative estimate of drug-likeness (QED) is 0.558. The first kappa shape index (κ1) is 21.3. The molecule has 0 heterocycles. The molecule has 0 bridgehead atoms. The number of benzene rings is 2. The number of carbonyl (C=O) groups excluding carboxylic acids is 2. The Morgan fingerprint density at radius 1 is 0.929 bits per heavy atom. The van der Waals surface area contributed by atoms with Crippen LogP contribution in [0.1, 0.15) is 40.0 Å². The Kier molecular flexibility index (Phi) is 8.34. The van der Waals surface area contributed by atoms with Crippen LogP contribution in [0.2, 0.25) is 0 Å². The Labute approximate surface area is 166 Å². The van der Waals surface area contributed by atoms with E-state index in [1.54, 1.807) is 0 Å². The summed E-state index contributed by atoms with van der Waals surface area (Å²) in [5.74, 6) is 0.587. The number of rotatable bonds is 10. The van der Waals surface area contributed by atoms with Crippen molar-refractivity contribution in [1.82, 2.24) is 0 Å². The van der Waals surface area contributed by atoms with Crippen molar-refractivity contribution in [1.29, 1.82) is 0 Å². The highest BCUT2D eigenvalue weighted by molar-refractivity contribution is 5.94. The van der Waals surface area contributed by atoms with Gasteiger partial charge in [-0.1, -0.05) is 19.9 Å². The van der Waals surface area contributed by atoms with Crippen molar-refractivity contribution in [3.8, 4) is 5.75 Å². The molecular weight excluding hydrogens is 354 g/mol. The predicted octanol–water partition coefficient (Wildman–Crippen LogP) is 4.65. The van der Waals surface area contributed by atoms with Crippen LogP contribution in [0, 0.1) is 0 Å². The average molecular weight is 383 g/mol. The van der Waals surface area contributed by atoms with E-state index in [1.165, 1.54) is 0 Å². The van der Waals surface area contributed by atoms with Gasteiger partial charge in [-0.3, -0.25) is 9.59 Å². The molecule has 150 valence electrons. The number of hydrogen-bond donors (Lipinski definition) is 3. The van der Waals surface area contributed by atoms with Gasteiger partial charge < -0.3 is 20.7 Å². The predicted molar refractivity (Wildman–Crippen MR) is 114 cm³/mol. The molecular formula is C22H29N3O3. The molecule has 0 aliphatic heterocycles. The van der Waals surface area contributed by atoms with Crippen LogP contribution in [-0.2, 0) is 9.59 Å². The summed E-state index contributed by atoms with van der Waals surface area (Å²) < 4.78 is 5.77. The minimum atomic E-state index is -0.152. The molecule has 6 nitrogen and oxygen atoms in total. The third kappa shape index (κ3) is 7.31. The van der Waals surface area contributed by atoms with Crippen LogP contribution < -0.4 is 20.7 Å². The van der Waals surface area contributed by atoms with Crippen molar-refractivity contribution in [2.45, 2.75) is 46.1 Å². The van der Waals surface area contributed by atoms with E-state index >= 15 is 0 Å². The minimum absolute atomic E-state index is 0.00197.